The molecule has 2 aromatic rings. The first-order valence-electron chi connectivity index (χ1n) is 8.56. The largest absolute Gasteiger partial charge is 0.463 e. The summed E-state index contributed by atoms with van der Waals surface area (Å²) in [6.45, 7) is 5.60. The fourth-order valence-electron chi connectivity index (χ4n) is 2.58. The quantitative estimate of drug-likeness (QED) is 0.706. The number of benzene rings is 2. The Balaban J connectivity index is 2.27. The topological polar surface area (TPSA) is 52.6 Å². The summed E-state index contributed by atoms with van der Waals surface area (Å²) in [5.41, 5.74) is 0.655. The summed E-state index contributed by atoms with van der Waals surface area (Å²) in [6, 6.07) is 16.2. The number of hydrogen-bond acceptors (Lipinski definition) is 4. The second-order valence-corrected chi connectivity index (χ2v) is 5.96. The summed E-state index contributed by atoms with van der Waals surface area (Å²) in [6.07, 6.45) is 2.00. The first kappa shape index (κ1) is 18.7. The third kappa shape index (κ3) is 4.47. The minimum Gasteiger partial charge on any atom is -0.463 e. The number of carbonyl (C=O) groups is 2. The van der Waals surface area contributed by atoms with Gasteiger partial charge >= 0.3 is 11.9 Å². The van der Waals surface area contributed by atoms with Crippen LogP contribution >= 0.6 is 0 Å². The van der Waals surface area contributed by atoms with E-state index in [9.17, 15) is 9.59 Å². The van der Waals surface area contributed by atoms with Crippen LogP contribution in [-0.2, 0) is 26.3 Å². The number of ether oxygens (including phenoxy) is 2. The van der Waals surface area contributed by atoms with Gasteiger partial charge < -0.3 is 9.47 Å². The van der Waals surface area contributed by atoms with Crippen molar-refractivity contribution in [1.29, 1.82) is 0 Å². The van der Waals surface area contributed by atoms with E-state index in [1.165, 1.54) is 0 Å². The van der Waals surface area contributed by atoms with E-state index >= 15 is 0 Å². The predicted octanol–water partition coefficient (Wildman–Crippen LogP) is 4.27. The summed E-state index contributed by atoms with van der Waals surface area (Å²) >= 11 is 0. The van der Waals surface area contributed by atoms with Crippen molar-refractivity contribution in [1.82, 2.24) is 0 Å². The van der Waals surface area contributed by atoms with Crippen molar-refractivity contribution in [2.45, 2.75) is 39.2 Å². The molecule has 4 heteroatoms. The molecule has 2 rings (SSSR count). The van der Waals surface area contributed by atoms with Gasteiger partial charge in [0, 0.05) is 5.56 Å². The maximum Gasteiger partial charge on any atom is 0.355 e. The van der Waals surface area contributed by atoms with Gasteiger partial charge in [-0.05, 0) is 38.0 Å². The monoisotopic (exact) mass is 340 g/mol. The van der Waals surface area contributed by atoms with Crippen LogP contribution in [0.2, 0.25) is 0 Å². The average molecular weight is 340 g/mol. The van der Waals surface area contributed by atoms with Crippen molar-refractivity contribution in [2.24, 2.45) is 0 Å². The van der Waals surface area contributed by atoms with E-state index in [0.717, 1.165) is 18.4 Å². The van der Waals surface area contributed by atoms with Crippen LogP contribution in [0.3, 0.4) is 0 Å². The van der Waals surface area contributed by atoms with E-state index in [4.69, 9.17) is 9.47 Å². The molecular weight excluding hydrogens is 316 g/mol. The normalized spacial score (nSPS) is 12.9. The van der Waals surface area contributed by atoms with Crippen LogP contribution in [0.15, 0.2) is 54.6 Å². The summed E-state index contributed by atoms with van der Waals surface area (Å²) in [5.74, 6) is -1.14. The van der Waals surface area contributed by atoms with Crippen molar-refractivity contribution < 1.29 is 19.1 Å². The molecule has 0 aromatic heterocycles. The third-order valence-electron chi connectivity index (χ3n) is 4.01. The average Bonchev–Trinajstić information content (AvgIpc) is 2.63. The van der Waals surface area contributed by atoms with E-state index < -0.39 is 17.5 Å². The van der Waals surface area contributed by atoms with Gasteiger partial charge in [0.25, 0.3) is 0 Å². The zero-order valence-electron chi connectivity index (χ0n) is 15.0. The Labute approximate surface area is 148 Å². The molecule has 0 aliphatic heterocycles. The van der Waals surface area contributed by atoms with Gasteiger partial charge in [0.1, 0.15) is 0 Å². The highest BCUT2D eigenvalue weighted by molar-refractivity contribution is 5.93. The fourth-order valence-corrected chi connectivity index (χ4v) is 2.58. The van der Waals surface area contributed by atoms with Gasteiger partial charge in [0.2, 0.25) is 5.60 Å². The van der Waals surface area contributed by atoms with Crippen LogP contribution in [0.1, 0.15) is 48.7 Å². The molecule has 25 heavy (non-hydrogen) atoms. The Morgan fingerprint density at radius 3 is 2.16 bits per heavy atom. The van der Waals surface area contributed by atoms with Crippen LogP contribution in [0.5, 0.6) is 0 Å². The lowest BCUT2D eigenvalue weighted by Crippen LogP contribution is -2.39. The summed E-state index contributed by atoms with van der Waals surface area (Å²) in [5, 5.41) is 0. The van der Waals surface area contributed by atoms with Crippen LogP contribution < -0.4 is 0 Å². The Hall–Kier alpha value is -2.62. The van der Waals surface area contributed by atoms with Gasteiger partial charge in [-0.3, -0.25) is 0 Å². The zero-order chi connectivity index (χ0) is 18.3. The molecule has 0 fully saturated rings. The molecule has 0 aliphatic carbocycles. The lowest BCUT2D eigenvalue weighted by atomic mass is 9.95. The van der Waals surface area contributed by atoms with E-state index in [1.54, 1.807) is 50.2 Å². The summed E-state index contributed by atoms with van der Waals surface area (Å²) in [4.78, 5) is 25.1. The van der Waals surface area contributed by atoms with Crippen LogP contribution in [0.25, 0.3) is 0 Å². The molecule has 0 saturated heterocycles. The van der Waals surface area contributed by atoms with Crippen molar-refractivity contribution in [3.05, 3.63) is 71.3 Å². The SMILES string of the molecule is CCCc1ccc(C(=O)OC(C)(C(=O)OCC)c2ccccc2)cc1. The zero-order valence-corrected chi connectivity index (χ0v) is 15.0. The molecular formula is C21H24O4. The highest BCUT2D eigenvalue weighted by Crippen LogP contribution is 2.28. The summed E-state index contributed by atoms with van der Waals surface area (Å²) < 4.78 is 10.7. The highest BCUT2D eigenvalue weighted by atomic mass is 16.6. The lowest BCUT2D eigenvalue weighted by Gasteiger charge is -2.27. The Kier molecular flexibility index (Phi) is 6.34. The second kappa shape index (κ2) is 8.47. The van der Waals surface area contributed by atoms with E-state index in [1.807, 2.05) is 18.2 Å². The van der Waals surface area contributed by atoms with Crippen LogP contribution in [0, 0.1) is 0 Å². The van der Waals surface area contributed by atoms with Gasteiger partial charge in [-0.1, -0.05) is 55.8 Å². The van der Waals surface area contributed by atoms with Crippen molar-refractivity contribution >= 4 is 11.9 Å². The minimum atomic E-state index is -1.49. The molecule has 0 heterocycles. The van der Waals surface area contributed by atoms with E-state index in [-0.39, 0.29) is 6.61 Å². The minimum absolute atomic E-state index is 0.213. The first-order valence-corrected chi connectivity index (χ1v) is 8.56. The molecule has 132 valence electrons. The van der Waals surface area contributed by atoms with Crippen LogP contribution in [0.4, 0.5) is 0 Å². The molecule has 0 aliphatic rings. The number of hydrogen-bond donors (Lipinski definition) is 0. The Morgan fingerprint density at radius 1 is 0.960 bits per heavy atom. The van der Waals surface area contributed by atoms with Gasteiger partial charge in [-0.15, -0.1) is 0 Å². The number of rotatable bonds is 7. The molecule has 0 amide bonds. The molecule has 0 N–H and O–H groups in total. The standard InChI is InChI=1S/C21H24O4/c1-4-9-16-12-14-17(15-13-16)19(22)25-21(3,20(23)24-5-2)18-10-7-6-8-11-18/h6-8,10-15H,4-5,9H2,1-3H3. The first-order chi connectivity index (χ1) is 12.0. The number of esters is 2. The smallest absolute Gasteiger partial charge is 0.355 e. The van der Waals surface area contributed by atoms with Gasteiger partial charge in [-0.2, -0.15) is 0 Å². The molecule has 1 unspecified atom stereocenters. The highest BCUT2D eigenvalue weighted by Gasteiger charge is 2.41. The van der Waals surface area contributed by atoms with E-state index in [2.05, 4.69) is 6.92 Å². The molecule has 0 saturated carbocycles. The number of carbonyl (C=O) groups excluding carboxylic acids is 2. The molecule has 4 nitrogen and oxygen atoms in total. The third-order valence-corrected chi connectivity index (χ3v) is 4.01. The van der Waals surface area contributed by atoms with Gasteiger partial charge in [-0.25, -0.2) is 9.59 Å². The maximum atomic E-state index is 12.6. The molecule has 0 spiro atoms. The molecule has 0 bridgehead atoms. The van der Waals surface area contributed by atoms with E-state index in [0.29, 0.717) is 11.1 Å². The summed E-state index contributed by atoms with van der Waals surface area (Å²) in [7, 11) is 0. The lowest BCUT2D eigenvalue weighted by molar-refractivity contribution is -0.165. The Morgan fingerprint density at radius 2 is 1.60 bits per heavy atom. The van der Waals surface area contributed by atoms with Crippen molar-refractivity contribution in [3.63, 3.8) is 0 Å². The van der Waals surface area contributed by atoms with Gasteiger partial charge in [0.15, 0.2) is 0 Å². The second-order valence-electron chi connectivity index (χ2n) is 5.96. The predicted molar refractivity (Wildman–Crippen MR) is 96.3 cm³/mol. The Bertz CT molecular complexity index is 706. The molecule has 0 radical (unpaired) electrons. The van der Waals surface area contributed by atoms with Crippen molar-refractivity contribution in [3.8, 4) is 0 Å². The maximum absolute atomic E-state index is 12.6. The molecule has 2 aromatic carbocycles. The van der Waals surface area contributed by atoms with Crippen LogP contribution in [-0.4, -0.2) is 18.5 Å². The molecule has 1 atom stereocenters. The van der Waals surface area contributed by atoms with Crippen molar-refractivity contribution in [2.75, 3.05) is 6.61 Å². The fraction of sp³-hybridized carbons (Fsp3) is 0.333. The van der Waals surface area contributed by atoms with Gasteiger partial charge in [0.05, 0.1) is 12.2 Å². The number of aryl methyl sites for hydroxylation is 1.